The van der Waals surface area contributed by atoms with Gasteiger partial charge in [0.2, 0.25) is 0 Å². The zero-order valence-electron chi connectivity index (χ0n) is 18.4. The summed E-state index contributed by atoms with van der Waals surface area (Å²) in [6.07, 6.45) is 17.7. The van der Waals surface area contributed by atoms with E-state index in [9.17, 15) is 17.6 Å². The molecule has 0 unspecified atom stereocenters. The van der Waals surface area contributed by atoms with E-state index in [0.29, 0.717) is 11.5 Å². The van der Waals surface area contributed by atoms with Crippen LogP contribution in [0, 0.1) is 29.4 Å². The van der Waals surface area contributed by atoms with Crippen molar-refractivity contribution in [3.8, 4) is 5.75 Å². The number of allylic oxidation sites excluding steroid dienone is 1. The first-order valence-electron chi connectivity index (χ1n) is 12.0. The largest absolute Gasteiger partial charge is 0.429 e. The summed E-state index contributed by atoms with van der Waals surface area (Å²) in [6.45, 7) is 0.565. The number of rotatable bonds is 10. The maximum absolute atomic E-state index is 14.0. The van der Waals surface area contributed by atoms with Crippen LogP contribution in [-0.2, 0) is 0 Å². The van der Waals surface area contributed by atoms with E-state index in [2.05, 4.69) is 11.3 Å². The van der Waals surface area contributed by atoms with E-state index in [0.717, 1.165) is 43.9 Å². The normalized spacial score (nSPS) is 26.7. The summed E-state index contributed by atoms with van der Waals surface area (Å²) in [4.78, 5) is 0. The average Bonchev–Trinajstić information content (AvgIpc) is 2.76. The lowest BCUT2D eigenvalue weighted by Gasteiger charge is -2.32. The van der Waals surface area contributed by atoms with E-state index in [1.807, 2.05) is 6.08 Å². The van der Waals surface area contributed by atoms with Crippen LogP contribution in [0.15, 0.2) is 24.8 Å². The molecule has 1 aromatic rings. The van der Waals surface area contributed by atoms with Crippen molar-refractivity contribution in [2.45, 2.75) is 96.0 Å². The van der Waals surface area contributed by atoms with Gasteiger partial charge in [0.1, 0.15) is 0 Å². The Morgan fingerprint density at radius 1 is 0.839 bits per heavy atom. The Kier molecular flexibility index (Phi) is 9.28. The molecule has 174 valence electrons. The first kappa shape index (κ1) is 24.1. The molecular weight excluding hydrogens is 404 g/mol. The van der Waals surface area contributed by atoms with E-state index in [-0.39, 0.29) is 5.92 Å². The van der Waals surface area contributed by atoms with Gasteiger partial charge in [-0.25, -0.2) is 8.78 Å². The fourth-order valence-electron chi connectivity index (χ4n) is 5.63. The van der Waals surface area contributed by atoms with Crippen LogP contribution in [0.1, 0.15) is 95.0 Å². The van der Waals surface area contributed by atoms with Crippen LogP contribution >= 0.6 is 0 Å². The van der Waals surface area contributed by atoms with Crippen molar-refractivity contribution < 1.29 is 22.3 Å². The quantitative estimate of drug-likeness (QED) is 0.201. The topological polar surface area (TPSA) is 9.23 Å². The number of halogens is 4. The highest BCUT2D eigenvalue weighted by Gasteiger charge is 2.27. The Morgan fingerprint density at radius 2 is 1.32 bits per heavy atom. The van der Waals surface area contributed by atoms with Crippen LogP contribution in [0.25, 0.3) is 0 Å². The standard InChI is InChI=1S/C26H36F4O/c1-2-3-4-5-18-6-8-19(9-7-18)10-11-20-12-14-21(15-13-20)22-16-23(27)25(24(28)17-22)31-26(29)30/h2,16-21,26H,1,3-15H2. The van der Waals surface area contributed by atoms with Crippen LogP contribution < -0.4 is 4.74 Å². The summed E-state index contributed by atoms with van der Waals surface area (Å²) in [5.74, 6) is -0.522. The molecule has 1 aromatic carbocycles. The minimum absolute atomic E-state index is 0.0897. The molecule has 0 spiro atoms. The van der Waals surface area contributed by atoms with E-state index in [1.165, 1.54) is 63.5 Å². The first-order valence-corrected chi connectivity index (χ1v) is 12.0. The molecule has 0 aliphatic heterocycles. The third-order valence-electron chi connectivity index (χ3n) is 7.52. The predicted molar refractivity (Wildman–Crippen MR) is 116 cm³/mol. The summed E-state index contributed by atoms with van der Waals surface area (Å²) in [6, 6.07) is 2.33. The minimum atomic E-state index is -3.24. The van der Waals surface area contributed by atoms with Crippen molar-refractivity contribution in [2.24, 2.45) is 17.8 Å². The van der Waals surface area contributed by atoms with Gasteiger partial charge in [0.15, 0.2) is 17.4 Å². The minimum Gasteiger partial charge on any atom is -0.429 e. The molecule has 0 N–H and O–H groups in total. The second kappa shape index (κ2) is 11.9. The molecule has 31 heavy (non-hydrogen) atoms. The smallest absolute Gasteiger partial charge is 0.387 e. The molecule has 0 atom stereocenters. The van der Waals surface area contributed by atoms with Crippen LogP contribution in [0.5, 0.6) is 5.75 Å². The molecule has 2 aliphatic carbocycles. The van der Waals surface area contributed by atoms with Gasteiger partial charge in [-0.2, -0.15) is 8.78 Å². The van der Waals surface area contributed by atoms with E-state index >= 15 is 0 Å². The number of unbranched alkanes of at least 4 members (excludes halogenated alkanes) is 1. The molecule has 2 saturated carbocycles. The summed E-state index contributed by atoms with van der Waals surface area (Å²) in [5, 5.41) is 0. The van der Waals surface area contributed by atoms with Gasteiger partial charge in [-0.15, -0.1) is 6.58 Å². The first-order chi connectivity index (χ1) is 15.0. The fraction of sp³-hybridized carbons (Fsp3) is 0.692. The SMILES string of the molecule is C=CCCCC1CCC(CCC2CCC(c3cc(F)c(OC(F)F)c(F)c3)CC2)CC1. The van der Waals surface area contributed by atoms with Crippen LogP contribution in [-0.4, -0.2) is 6.61 Å². The Morgan fingerprint density at radius 3 is 1.81 bits per heavy atom. The molecule has 1 nitrogen and oxygen atoms in total. The van der Waals surface area contributed by atoms with Gasteiger partial charge < -0.3 is 4.74 Å². The highest BCUT2D eigenvalue weighted by Crippen LogP contribution is 2.41. The van der Waals surface area contributed by atoms with E-state index < -0.39 is 24.0 Å². The zero-order valence-corrected chi connectivity index (χ0v) is 18.4. The van der Waals surface area contributed by atoms with E-state index in [4.69, 9.17) is 0 Å². The predicted octanol–water partition coefficient (Wildman–Crippen LogP) is 8.78. The van der Waals surface area contributed by atoms with Gasteiger partial charge in [-0.3, -0.25) is 0 Å². The zero-order chi connectivity index (χ0) is 22.2. The lowest BCUT2D eigenvalue weighted by atomic mass is 9.74. The Hall–Kier alpha value is -1.52. The van der Waals surface area contributed by atoms with Crippen molar-refractivity contribution in [2.75, 3.05) is 0 Å². The second-order valence-electron chi connectivity index (χ2n) is 9.59. The number of ether oxygens (including phenoxy) is 1. The monoisotopic (exact) mass is 440 g/mol. The summed E-state index contributed by atoms with van der Waals surface area (Å²) >= 11 is 0. The number of alkyl halides is 2. The molecule has 0 heterocycles. The summed E-state index contributed by atoms with van der Waals surface area (Å²) in [5.41, 5.74) is 0.560. The van der Waals surface area contributed by atoms with Crippen LogP contribution in [0.2, 0.25) is 0 Å². The number of hydrogen-bond donors (Lipinski definition) is 0. The average molecular weight is 441 g/mol. The maximum Gasteiger partial charge on any atom is 0.387 e. The lowest BCUT2D eigenvalue weighted by molar-refractivity contribution is -0.0546. The molecule has 0 radical (unpaired) electrons. The number of hydrogen-bond acceptors (Lipinski definition) is 1. The van der Waals surface area contributed by atoms with Gasteiger partial charge in [0, 0.05) is 0 Å². The Bertz CT molecular complexity index is 666. The van der Waals surface area contributed by atoms with Crippen molar-refractivity contribution in [3.05, 3.63) is 42.0 Å². The third-order valence-corrected chi connectivity index (χ3v) is 7.52. The Balaban J connectivity index is 1.39. The second-order valence-corrected chi connectivity index (χ2v) is 9.59. The van der Waals surface area contributed by atoms with Gasteiger partial charge >= 0.3 is 6.61 Å². The summed E-state index contributed by atoms with van der Waals surface area (Å²) in [7, 11) is 0. The van der Waals surface area contributed by atoms with Gasteiger partial charge in [-0.05, 0) is 79.9 Å². The molecule has 2 fully saturated rings. The van der Waals surface area contributed by atoms with Crippen molar-refractivity contribution in [1.29, 1.82) is 0 Å². The maximum atomic E-state index is 14.0. The molecule has 0 amide bonds. The third kappa shape index (κ3) is 7.25. The van der Waals surface area contributed by atoms with Crippen LogP contribution in [0.3, 0.4) is 0 Å². The molecule has 0 aromatic heterocycles. The number of benzene rings is 1. The highest BCUT2D eigenvalue weighted by atomic mass is 19.3. The molecule has 5 heteroatoms. The van der Waals surface area contributed by atoms with Crippen molar-refractivity contribution in [3.63, 3.8) is 0 Å². The van der Waals surface area contributed by atoms with Crippen molar-refractivity contribution in [1.82, 2.24) is 0 Å². The molecular formula is C26H36F4O. The van der Waals surface area contributed by atoms with Crippen LogP contribution in [0.4, 0.5) is 17.6 Å². The van der Waals surface area contributed by atoms with Gasteiger partial charge in [-0.1, -0.05) is 51.0 Å². The van der Waals surface area contributed by atoms with E-state index in [1.54, 1.807) is 0 Å². The molecule has 2 aliphatic rings. The van der Waals surface area contributed by atoms with Gasteiger partial charge in [0.05, 0.1) is 0 Å². The highest BCUT2D eigenvalue weighted by molar-refractivity contribution is 5.33. The lowest BCUT2D eigenvalue weighted by Crippen LogP contribution is -2.18. The Labute approximate surface area is 184 Å². The molecule has 0 saturated heterocycles. The summed E-state index contributed by atoms with van der Waals surface area (Å²) < 4.78 is 56.7. The molecule has 0 bridgehead atoms. The molecule has 3 rings (SSSR count). The fourth-order valence-corrected chi connectivity index (χ4v) is 5.63. The van der Waals surface area contributed by atoms with Gasteiger partial charge in [0.25, 0.3) is 0 Å². The van der Waals surface area contributed by atoms with Crippen molar-refractivity contribution >= 4 is 0 Å².